The maximum atomic E-state index is 13.4. The van der Waals surface area contributed by atoms with Crippen molar-refractivity contribution in [1.29, 1.82) is 0 Å². The van der Waals surface area contributed by atoms with Crippen molar-refractivity contribution in [3.63, 3.8) is 0 Å². The Morgan fingerprint density at radius 1 is 0.865 bits per heavy atom. The van der Waals surface area contributed by atoms with E-state index in [0.717, 1.165) is 33.9 Å². The zero-order valence-corrected chi connectivity index (χ0v) is 29.1. The number of carbonyl (C=O) groups excluding carboxylic acids is 4. The predicted octanol–water partition coefficient (Wildman–Crippen LogP) is 3.25. The van der Waals surface area contributed by atoms with E-state index in [2.05, 4.69) is 0 Å². The molecule has 52 heavy (non-hydrogen) atoms. The third-order valence-corrected chi connectivity index (χ3v) is 7.55. The van der Waals surface area contributed by atoms with Crippen LogP contribution in [0, 0.1) is 0 Å². The smallest absolute Gasteiger partial charge is 0.339 e. The van der Waals surface area contributed by atoms with Gasteiger partial charge in [0.2, 0.25) is 18.2 Å². The lowest BCUT2D eigenvalue weighted by Gasteiger charge is -2.43. The van der Waals surface area contributed by atoms with Crippen molar-refractivity contribution < 1.29 is 76.1 Å². The minimum atomic E-state index is -1.73. The molecular weight excluding hydrogens is 692 g/mol. The second-order valence-corrected chi connectivity index (χ2v) is 11.9. The first kappa shape index (κ1) is 37.3. The lowest BCUT2D eigenvalue weighted by atomic mass is 9.97. The molecule has 3 aromatic rings. The van der Waals surface area contributed by atoms with E-state index in [1.165, 1.54) is 43.7 Å². The first-order chi connectivity index (χ1) is 24.6. The molecule has 0 spiro atoms. The first-order valence-electron chi connectivity index (χ1n) is 15.7. The lowest BCUT2D eigenvalue weighted by Crippen LogP contribution is -2.64. The number of hydrogen-bond acceptors (Lipinski definition) is 17. The summed E-state index contributed by atoms with van der Waals surface area (Å²) < 4.78 is 61.4. The highest BCUT2D eigenvalue weighted by molar-refractivity contribution is 5.86. The van der Waals surface area contributed by atoms with E-state index in [0.29, 0.717) is 5.76 Å². The lowest BCUT2D eigenvalue weighted by molar-refractivity contribution is -0.282. The summed E-state index contributed by atoms with van der Waals surface area (Å²) in [5.41, 5.74) is -0.565. The van der Waals surface area contributed by atoms with Crippen LogP contribution in [0.4, 0.5) is 0 Å². The number of esters is 4. The zero-order chi connectivity index (χ0) is 37.9. The number of benzene rings is 2. The molecule has 0 bridgehead atoms. The topological polar surface area (TPSA) is 211 Å². The number of rotatable bonds is 11. The molecule has 3 heterocycles. The van der Waals surface area contributed by atoms with Gasteiger partial charge in [-0.15, -0.1) is 0 Å². The van der Waals surface area contributed by atoms with Crippen LogP contribution in [0.3, 0.4) is 0 Å². The summed E-state index contributed by atoms with van der Waals surface area (Å²) in [6, 6.07) is 8.15. The van der Waals surface area contributed by atoms with Crippen LogP contribution in [-0.2, 0) is 52.3 Å². The summed E-state index contributed by atoms with van der Waals surface area (Å²) in [7, 11) is 2.43. The Labute approximate surface area is 295 Å². The van der Waals surface area contributed by atoms with E-state index in [-0.39, 0.29) is 46.1 Å². The molecule has 0 radical (unpaired) electrons. The quantitative estimate of drug-likeness (QED) is 0.222. The third kappa shape index (κ3) is 8.31. The number of phenolic OH excluding ortho intramolecular Hbond substituents is 1. The highest BCUT2D eigenvalue weighted by atomic mass is 16.7. The Bertz CT molecular complexity index is 1960. The molecule has 5 rings (SSSR count). The van der Waals surface area contributed by atoms with E-state index >= 15 is 0 Å². The van der Waals surface area contributed by atoms with Gasteiger partial charge in [0.15, 0.2) is 29.5 Å². The Kier molecular flexibility index (Phi) is 10.8. The van der Waals surface area contributed by atoms with Crippen LogP contribution < -0.4 is 19.6 Å². The summed E-state index contributed by atoms with van der Waals surface area (Å²) in [6.07, 6.45) is -6.92. The Morgan fingerprint density at radius 3 is 2.15 bits per heavy atom. The van der Waals surface area contributed by atoms with Gasteiger partial charge in [-0.25, -0.2) is 4.79 Å². The van der Waals surface area contributed by atoms with E-state index in [4.69, 9.17) is 51.8 Å². The molecular formula is C35H36O17. The highest BCUT2D eigenvalue weighted by Crippen LogP contribution is 2.39. The molecule has 0 saturated carbocycles. The van der Waals surface area contributed by atoms with E-state index in [1.807, 2.05) is 0 Å². The minimum Gasteiger partial charge on any atom is -0.507 e. The molecule has 0 aliphatic carbocycles. The van der Waals surface area contributed by atoms with Crippen LogP contribution in [0.1, 0.15) is 34.6 Å². The molecule has 1 N–H and O–H groups in total. The summed E-state index contributed by atoms with van der Waals surface area (Å²) in [4.78, 5) is 62.9. The average molecular weight is 729 g/mol. The summed E-state index contributed by atoms with van der Waals surface area (Å²) in [6.45, 7) is 6.55. The van der Waals surface area contributed by atoms with Gasteiger partial charge in [0.25, 0.3) is 0 Å². The zero-order valence-electron chi connectivity index (χ0n) is 29.1. The van der Waals surface area contributed by atoms with Gasteiger partial charge < -0.3 is 56.9 Å². The summed E-state index contributed by atoms with van der Waals surface area (Å²) >= 11 is 0. The standard InChI is InChI=1S/C35H36O17/c1-16(36)46-29-30(47-17(2)37)32(48-18(3)38)34(51-31(29)33(41)43-7)50-25-11-19(42-6)8-9-22(25)26-13-24(40)28-23(39)10-20(12-27(28)49-26)44-14-21-15-45-35(4,5)52-21/h8-13,15,29-32,34,39H,14H2,1-7H3. The van der Waals surface area contributed by atoms with Crippen molar-refractivity contribution in [2.75, 3.05) is 20.8 Å². The van der Waals surface area contributed by atoms with Crippen LogP contribution in [0.2, 0.25) is 0 Å². The molecule has 278 valence electrons. The number of hydrogen-bond donors (Lipinski definition) is 1. The maximum Gasteiger partial charge on any atom is 0.339 e. The van der Waals surface area contributed by atoms with Gasteiger partial charge in [-0.1, -0.05) is 0 Å². The van der Waals surface area contributed by atoms with Gasteiger partial charge in [0.1, 0.15) is 52.6 Å². The van der Waals surface area contributed by atoms with Crippen LogP contribution in [0.15, 0.2) is 57.6 Å². The van der Waals surface area contributed by atoms with Gasteiger partial charge in [0.05, 0.1) is 19.8 Å². The third-order valence-electron chi connectivity index (χ3n) is 7.55. The number of methoxy groups -OCH3 is 2. The van der Waals surface area contributed by atoms with Crippen LogP contribution in [0.25, 0.3) is 22.3 Å². The Balaban J connectivity index is 1.57. The fourth-order valence-corrected chi connectivity index (χ4v) is 5.48. The predicted molar refractivity (Wildman–Crippen MR) is 174 cm³/mol. The maximum absolute atomic E-state index is 13.4. The second-order valence-electron chi connectivity index (χ2n) is 11.9. The van der Waals surface area contributed by atoms with Gasteiger partial charge >= 0.3 is 23.9 Å². The van der Waals surface area contributed by atoms with Crippen molar-refractivity contribution in [1.82, 2.24) is 0 Å². The molecule has 5 atom stereocenters. The Hall–Kier alpha value is -5.97. The fraction of sp³-hybridized carbons (Fsp3) is 0.400. The largest absolute Gasteiger partial charge is 0.507 e. The van der Waals surface area contributed by atoms with Crippen LogP contribution >= 0.6 is 0 Å². The van der Waals surface area contributed by atoms with Crippen LogP contribution in [0.5, 0.6) is 23.0 Å². The molecule has 17 nitrogen and oxygen atoms in total. The molecule has 1 fully saturated rings. The molecule has 17 heteroatoms. The van der Waals surface area contributed by atoms with Crippen molar-refractivity contribution in [3.05, 3.63) is 58.6 Å². The molecule has 0 amide bonds. The van der Waals surface area contributed by atoms with Gasteiger partial charge in [0, 0.05) is 58.9 Å². The van der Waals surface area contributed by atoms with Crippen molar-refractivity contribution in [3.8, 4) is 34.3 Å². The molecule has 1 saturated heterocycles. The van der Waals surface area contributed by atoms with Gasteiger partial charge in [-0.05, 0) is 12.1 Å². The molecule has 2 aliphatic rings. The fourth-order valence-electron chi connectivity index (χ4n) is 5.48. The number of phenols is 1. The molecule has 2 aromatic carbocycles. The van der Waals surface area contributed by atoms with E-state index in [1.54, 1.807) is 13.8 Å². The monoisotopic (exact) mass is 728 g/mol. The number of ether oxygens (including phenoxy) is 10. The van der Waals surface area contributed by atoms with E-state index < -0.39 is 71.5 Å². The van der Waals surface area contributed by atoms with Crippen molar-refractivity contribution >= 4 is 34.8 Å². The second kappa shape index (κ2) is 15.1. The number of fused-ring (bicyclic) bond motifs is 1. The number of aromatic hydroxyl groups is 1. The normalized spacial score (nSPS) is 21.8. The van der Waals surface area contributed by atoms with Crippen molar-refractivity contribution in [2.24, 2.45) is 0 Å². The molecule has 1 aromatic heterocycles. The van der Waals surface area contributed by atoms with Crippen LogP contribution in [-0.4, -0.2) is 86.3 Å². The Morgan fingerprint density at radius 2 is 1.54 bits per heavy atom. The van der Waals surface area contributed by atoms with E-state index in [9.17, 15) is 29.1 Å². The van der Waals surface area contributed by atoms with Gasteiger partial charge in [-0.2, -0.15) is 0 Å². The van der Waals surface area contributed by atoms with Crippen molar-refractivity contribution in [2.45, 2.75) is 71.1 Å². The highest BCUT2D eigenvalue weighted by Gasteiger charge is 2.56. The van der Waals surface area contributed by atoms with Gasteiger partial charge in [-0.3, -0.25) is 19.2 Å². The number of carbonyl (C=O) groups is 4. The summed E-state index contributed by atoms with van der Waals surface area (Å²) in [5.74, 6) is -4.30. The first-order valence-corrected chi connectivity index (χ1v) is 15.7. The SMILES string of the molecule is COC(=O)C1OC(Oc2cc(OC)ccc2-c2cc(=O)c3c(O)cc(OCC4=COC(C)(C)O4)cc3o2)C(OC(C)=O)C(OC(C)=O)C1OC(C)=O. The average Bonchev–Trinajstić information content (AvgIpc) is 3.42. The molecule has 5 unspecified atom stereocenters. The summed E-state index contributed by atoms with van der Waals surface area (Å²) in [5, 5.41) is 10.6. The minimum absolute atomic E-state index is 0.0567. The molecule has 2 aliphatic heterocycles.